The molecule has 10 heteroatoms. The first-order valence-corrected chi connectivity index (χ1v) is 14.6. The molecule has 0 bridgehead atoms. The third-order valence-corrected chi connectivity index (χ3v) is 7.05. The molecule has 3 aromatic rings. The van der Waals surface area contributed by atoms with E-state index in [0.717, 1.165) is 22.3 Å². The number of piperazine rings is 1. The van der Waals surface area contributed by atoms with Crippen molar-refractivity contribution in [3.05, 3.63) is 95.6 Å². The quantitative estimate of drug-likeness (QED) is 0.393. The largest absolute Gasteiger partial charge is 0.445 e. The molecule has 0 aromatic heterocycles. The maximum absolute atomic E-state index is 13.2. The second-order valence-electron chi connectivity index (χ2n) is 11.7. The van der Waals surface area contributed by atoms with Gasteiger partial charge in [-0.05, 0) is 61.2 Å². The number of carbonyl (C=O) groups is 4. The Morgan fingerprint density at radius 2 is 1.43 bits per heavy atom. The van der Waals surface area contributed by atoms with Crippen LogP contribution in [0.3, 0.4) is 0 Å². The van der Waals surface area contributed by atoms with Gasteiger partial charge in [0, 0.05) is 45.3 Å². The van der Waals surface area contributed by atoms with Gasteiger partial charge >= 0.3 is 12.2 Å². The molecular weight excluding hydrogens is 560 g/mol. The van der Waals surface area contributed by atoms with E-state index in [2.05, 4.69) is 5.32 Å². The molecule has 1 saturated heterocycles. The summed E-state index contributed by atoms with van der Waals surface area (Å²) in [6.07, 6.45) is -1.01. The Kier molecular flexibility index (Phi) is 10.6. The van der Waals surface area contributed by atoms with Gasteiger partial charge in [0.25, 0.3) is 5.91 Å². The van der Waals surface area contributed by atoms with E-state index < -0.39 is 11.7 Å². The van der Waals surface area contributed by atoms with Crippen LogP contribution < -0.4 is 5.32 Å². The van der Waals surface area contributed by atoms with Crippen LogP contribution in [0.25, 0.3) is 11.1 Å². The molecule has 1 aliphatic heterocycles. The summed E-state index contributed by atoms with van der Waals surface area (Å²) >= 11 is 0. The number of hydrogen-bond donors (Lipinski definition) is 1. The second-order valence-corrected chi connectivity index (χ2v) is 11.7. The zero-order valence-corrected chi connectivity index (χ0v) is 25.7. The van der Waals surface area contributed by atoms with Gasteiger partial charge in [-0.1, -0.05) is 60.7 Å². The topological polar surface area (TPSA) is 108 Å². The third-order valence-electron chi connectivity index (χ3n) is 7.05. The highest BCUT2D eigenvalue weighted by molar-refractivity contribution is 5.95. The Balaban J connectivity index is 1.26. The van der Waals surface area contributed by atoms with Gasteiger partial charge in [0.05, 0.1) is 0 Å². The number of alkyl carbamates (subject to hydrolysis) is 1. The fourth-order valence-corrected chi connectivity index (χ4v) is 4.70. The van der Waals surface area contributed by atoms with E-state index >= 15 is 0 Å². The molecule has 44 heavy (non-hydrogen) atoms. The number of likely N-dealkylation sites (N-methyl/N-ethyl adjacent to an activating group) is 1. The molecule has 1 fully saturated rings. The molecule has 0 unspecified atom stereocenters. The predicted molar refractivity (Wildman–Crippen MR) is 167 cm³/mol. The van der Waals surface area contributed by atoms with Crippen LogP contribution in [0.5, 0.6) is 0 Å². The van der Waals surface area contributed by atoms with Gasteiger partial charge in [0.15, 0.2) is 0 Å². The molecule has 10 nitrogen and oxygen atoms in total. The van der Waals surface area contributed by atoms with Crippen LogP contribution in [0.15, 0.2) is 78.9 Å². The number of ether oxygens (including phenoxy) is 2. The zero-order chi connectivity index (χ0) is 31.7. The molecule has 3 aromatic carbocycles. The van der Waals surface area contributed by atoms with Crippen molar-refractivity contribution < 1.29 is 28.7 Å². The van der Waals surface area contributed by atoms with Gasteiger partial charge in [-0.3, -0.25) is 9.59 Å². The lowest BCUT2D eigenvalue weighted by Gasteiger charge is -2.34. The summed E-state index contributed by atoms with van der Waals surface area (Å²) in [6, 6.07) is 24.8. The lowest BCUT2D eigenvalue weighted by atomic mass is 10.0. The van der Waals surface area contributed by atoms with Crippen LogP contribution >= 0.6 is 0 Å². The van der Waals surface area contributed by atoms with Gasteiger partial charge in [-0.2, -0.15) is 0 Å². The molecular formula is C34H40N4O6. The number of hydrogen-bond acceptors (Lipinski definition) is 6. The lowest BCUT2D eigenvalue weighted by Crippen LogP contribution is -2.50. The SMILES string of the molecule is CN(Cc1cccc(-c2ccc(C(=O)N3CCN(C(=O)OCc4ccccc4)CC3)cc2)c1)C(=O)CNC(=O)OC(C)(C)C. The van der Waals surface area contributed by atoms with Gasteiger partial charge in [0.1, 0.15) is 18.8 Å². The monoisotopic (exact) mass is 600 g/mol. The summed E-state index contributed by atoms with van der Waals surface area (Å²) in [5.41, 5.74) is 3.69. The molecule has 1 heterocycles. The lowest BCUT2D eigenvalue weighted by molar-refractivity contribution is -0.129. The van der Waals surface area contributed by atoms with Crippen molar-refractivity contribution in [2.45, 2.75) is 39.5 Å². The van der Waals surface area contributed by atoms with Crippen LogP contribution in [0, 0.1) is 0 Å². The van der Waals surface area contributed by atoms with Crippen LogP contribution in [0.4, 0.5) is 9.59 Å². The molecule has 4 amide bonds. The number of nitrogens with one attached hydrogen (secondary N) is 1. The van der Waals surface area contributed by atoms with Crippen LogP contribution in [0.1, 0.15) is 42.3 Å². The van der Waals surface area contributed by atoms with E-state index in [1.165, 1.54) is 0 Å². The molecule has 0 radical (unpaired) electrons. The van der Waals surface area contributed by atoms with Crippen LogP contribution in [-0.4, -0.2) is 84.1 Å². The summed E-state index contributed by atoms with van der Waals surface area (Å²) < 4.78 is 10.6. The van der Waals surface area contributed by atoms with Crippen LogP contribution in [0.2, 0.25) is 0 Å². The Hall–Kier alpha value is -4.86. The Morgan fingerprint density at radius 3 is 2.09 bits per heavy atom. The number of nitrogens with zero attached hydrogens (tertiary/aromatic N) is 3. The maximum Gasteiger partial charge on any atom is 0.410 e. The average molecular weight is 601 g/mol. The van der Waals surface area contributed by atoms with Crippen LogP contribution in [-0.2, 0) is 27.4 Å². The summed E-state index contributed by atoms with van der Waals surface area (Å²) in [7, 11) is 1.68. The first-order valence-electron chi connectivity index (χ1n) is 14.6. The highest BCUT2D eigenvalue weighted by atomic mass is 16.6. The summed E-state index contributed by atoms with van der Waals surface area (Å²) in [5, 5.41) is 2.49. The highest BCUT2D eigenvalue weighted by Gasteiger charge is 2.26. The van der Waals surface area contributed by atoms with E-state index in [1.807, 2.05) is 78.9 Å². The van der Waals surface area contributed by atoms with Crippen molar-refractivity contribution in [1.82, 2.24) is 20.0 Å². The van der Waals surface area contributed by atoms with Crippen molar-refractivity contribution in [2.24, 2.45) is 0 Å². The zero-order valence-electron chi connectivity index (χ0n) is 25.7. The fraction of sp³-hybridized carbons (Fsp3) is 0.353. The Morgan fingerprint density at radius 1 is 0.795 bits per heavy atom. The smallest absolute Gasteiger partial charge is 0.410 e. The summed E-state index contributed by atoms with van der Waals surface area (Å²) in [4.78, 5) is 54.9. The molecule has 232 valence electrons. The molecule has 1 N–H and O–H groups in total. The molecule has 0 spiro atoms. The number of amides is 4. The number of benzene rings is 3. The third kappa shape index (κ3) is 9.32. The summed E-state index contributed by atoms with van der Waals surface area (Å²) in [6.45, 7) is 7.40. The maximum atomic E-state index is 13.2. The highest BCUT2D eigenvalue weighted by Crippen LogP contribution is 2.22. The second kappa shape index (κ2) is 14.5. The normalized spacial score (nSPS) is 13.2. The van der Waals surface area contributed by atoms with E-state index in [0.29, 0.717) is 38.3 Å². The predicted octanol–water partition coefficient (Wildman–Crippen LogP) is 4.93. The first kappa shape index (κ1) is 32.1. The van der Waals surface area contributed by atoms with E-state index in [9.17, 15) is 19.2 Å². The molecule has 4 rings (SSSR count). The van der Waals surface area contributed by atoms with Crippen molar-refractivity contribution >= 4 is 24.0 Å². The minimum absolute atomic E-state index is 0.0808. The van der Waals surface area contributed by atoms with Gasteiger partial charge < -0.3 is 29.5 Å². The summed E-state index contributed by atoms with van der Waals surface area (Å²) in [5.74, 6) is -0.322. The van der Waals surface area contributed by atoms with Gasteiger partial charge in [-0.25, -0.2) is 9.59 Å². The van der Waals surface area contributed by atoms with Gasteiger partial charge in [-0.15, -0.1) is 0 Å². The van der Waals surface area contributed by atoms with Crippen molar-refractivity contribution in [3.8, 4) is 11.1 Å². The van der Waals surface area contributed by atoms with Crippen molar-refractivity contribution in [3.63, 3.8) is 0 Å². The molecule has 0 saturated carbocycles. The minimum Gasteiger partial charge on any atom is -0.445 e. The molecule has 0 aliphatic carbocycles. The number of carbonyl (C=O) groups excluding carboxylic acids is 4. The average Bonchev–Trinajstić information content (AvgIpc) is 3.02. The Labute approximate surface area is 258 Å². The van der Waals surface area contributed by atoms with Crippen molar-refractivity contribution in [2.75, 3.05) is 39.8 Å². The molecule has 1 aliphatic rings. The fourth-order valence-electron chi connectivity index (χ4n) is 4.70. The standard InChI is InChI=1S/C34H40N4O6/c1-34(2,3)44-32(41)35-22-30(39)36(4)23-26-11-8-12-29(21-26)27-13-15-28(16-14-27)31(40)37-17-19-38(20-18-37)33(42)43-24-25-9-6-5-7-10-25/h5-16,21H,17-20,22-24H2,1-4H3,(H,35,41). The van der Waals surface area contributed by atoms with E-state index in [-0.39, 0.29) is 31.1 Å². The van der Waals surface area contributed by atoms with E-state index in [1.54, 1.807) is 42.5 Å². The molecule has 0 atom stereocenters. The van der Waals surface area contributed by atoms with Gasteiger partial charge in [0.2, 0.25) is 5.91 Å². The number of rotatable bonds is 8. The Bertz CT molecular complexity index is 1440. The first-order chi connectivity index (χ1) is 21.0. The van der Waals surface area contributed by atoms with E-state index in [4.69, 9.17) is 9.47 Å². The van der Waals surface area contributed by atoms with Crippen molar-refractivity contribution in [1.29, 1.82) is 0 Å². The minimum atomic E-state index is -0.638.